The van der Waals surface area contributed by atoms with Gasteiger partial charge in [-0.15, -0.1) is 0 Å². The van der Waals surface area contributed by atoms with Crippen LogP contribution in [0.5, 0.6) is 0 Å². The number of carbonyl (C=O) groups excluding carboxylic acids is 1. The minimum absolute atomic E-state index is 0.0182. The van der Waals surface area contributed by atoms with Gasteiger partial charge in [-0.3, -0.25) is 9.69 Å². The molecule has 7 heteroatoms. The normalized spacial score (nSPS) is 10.7. The molecule has 0 aromatic carbocycles. The van der Waals surface area contributed by atoms with E-state index in [0.717, 1.165) is 0 Å². The highest BCUT2D eigenvalue weighted by molar-refractivity contribution is 7.80. The zero-order valence-corrected chi connectivity index (χ0v) is 11.9. The molecular weight excluding hydrogens is 254 g/mol. The minimum Gasteiger partial charge on any atom is -0.394 e. The van der Waals surface area contributed by atoms with Crippen LogP contribution in [-0.4, -0.2) is 79.4 Å². The fraction of sp³-hybridized carbons (Fsp3) is 0.818. The van der Waals surface area contributed by atoms with Crippen LogP contribution in [0.3, 0.4) is 0 Å². The number of thiocarbonyl (C=S) groups is 1. The van der Waals surface area contributed by atoms with E-state index in [1.165, 1.54) is 0 Å². The standard InChI is InChI=1S/C11H23N3O3S/c1-13(5-7-17-8-6-15)9-11(16)14(2)4-3-10(12)18/h15H,3-9H2,1-2H3,(H2,12,18). The first kappa shape index (κ1) is 17.2. The molecule has 0 saturated carbocycles. The van der Waals surface area contributed by atoms with Gasteiger partial charge in [-0.1, -0.05) is 12.2 Å². The summed E-state index contributed by atoms with van der Waals surface area (Å²) in [5.41, 5.74) is 5.38. The Morgan fingerprint density at radius 2 is 2.00 bits per heavy atom. The van der Waals surface area contributed by atoms with Crippen molar-refractivity contribution < 1.29 is 14.6 Å². The number of carbonyl (C=O) groups is 1. The summed E-state index contributed by atoms with van der Waals surface area (Å²) < 4.78 is 5.12. The fourth-order valence-electron chi connectivity index (χ4n) is 1.22. The van der Waals surface area contributed by atoms with Gasteiger partial charge < -0.3 is 20.5 Å². The van der Waals surface area contributed by atoms with E-state index in [4.69, 9.17) is 27.8 Å². The Labute approximate surface area is 114 Å². The summed E-state index contributed by atoms with van der Waals surface area (Å²) in [6.07, 6.45) is 0.543. The van der Waals surface area contributed by atoms with Crippen LogP contribution in [0.25, 0.3) is 0 Å². The van der Waals surface area contributed by atoms with Crippen molar-refractivity contribution in [3.05, 3.63) is 0 Å². The Kier molecular flexibility index (Phi) is 9.76. The number of hydrogen-bond donors (Lipinski definition) is 2. The molecule has 106 valence electrons. The number of nitrogens with two attached hydrogens (primary N) is 1. The topological polar surface area (TPSA) is 79.0 Å². The third-order valence-electron chi connectivity index (χ3n) is 2.38. The second-order valence-corrected chi connectivity index (χ2v) is 4.63. The van der Waals surface area contributed by atoms with Crippen molar-refractivity contribution in [3.63, 3.8) is 0 Å². The third-order valence-corrected chi connectivity index (χ3v) is 2.58. The zero-order chi connectivity index (χ0) is 14.0. The third kappa shape index (κ3) is 9.29. The molecule has 0 spiro atoms. The van der Waals surface area contributed by atoms with Gasteiger partial charge in [0.25, 0.3) is 0 Å². The summed E-state index contributed by atoms with van der Waals surface area (Å²) in [5.74, 6) is 0.0240. The predicted molar refractivity (Wildman–Crippen MR) is 74.4 cm³/mol. The van der Waals surface area contributed by atoms with Gasteiger partial charge in [0.1, 0.15) is 0 Å². The van der Waals surface area contributed by atoms with Crippen molar-refractivity contribution in [1.29, 1.82) is 0 Å². The van der Waals surface area contributed by atoms with E-state index in [-0.39, 0.29) is 12.5 Å². The molecule has 18 heavy (non-hydrogen) atoms. The Bertz CT molecular complexity index is 264. The summed E-state index contributed by atoms with van der Waals surface area (Å²) in [6, 6.07) is 0. The number of likely N-dealkylation sites (N-methyl/N-ethyl adjacent to an activating group) is 2. The molecule has 0 fully saturated rings. The number of hydrogen-bond acceptors (Lipinski definition) is 5. The smallest absolute Gasteiger partial charge is 0.236 e. The maximum atomic E-state index is 11.8. The van der Waals surface area contributed by atoms with E-state index in [1.807, 2.05) is 11.9 Å². The molecule has 1 amide bonds. The van der Waals surface area contributed by atoms with Gasteiger partial charge in [0.2, 0.25) is 5.91 Å². The van der Waals surface area contributed by atoms with Crippen molar-refractivity contribution in [2.24, 2.45) is 5.73 Å². The SMILES string of the molecule is CN(CCOCCO)CC(=O)N(C)CCC(N)=S. The number of amides is 1. The van der Waals surface area contributed by atoms with E-state index >= 15 is 0 Å². The average Bonchev–Trinajstić information content (AvgIpc) is 2.31. The van der Waals surface area contributed by atoms with E-state index in [9.17, 15) is 4.79 Å². The van der Waals surface area contributed by atoms with Gasteiger partial charge in [-0.2, -0.15) is 0 Å². The molecule has 0 aliphatic rings. The fourth-order valence-corrected chi connectivity index (χ4v) is 1.31. The Morgan fingerprint density at radius 1 is 1.33 bits per heavy atom. The van der Waals surface area contributed by atoms with Crippen molar-refractivity contribution in [1.82, 2.24) is 9.80 Å². The van der Waals surface area contributed by atoms with Crippen LogP contribution < -0.4 is 5.73 Å². The second-order valence-electron chi connectivity index (χ2n) is 4.11. The molecule has 0 saturated heterocycles. The molecular formula is C11H23N3O3S. The van der Waals surface area contributed by atoms with E-state index in [2.05, 4.69) is 0 Å². The quantitative estimate of drug-likeness (QED) is 0.396. The van der Waals surface area contributed by atoms with E-state index in [1.54, 1.807) is 11.9 Å². The number of nitrogens with zero attached hydrogens (tertiary/aromatic N) is 2. The van der Waals surface area contributed by atoms with Crippen LogP contribution in [0.15, 0.2) is 0 Å². The summed E-state index contributed by atoms with van der Waals surface area (Å²) in [6.45, 7) is 2.37. The maximum absolute atomic E-state index is 11.8. The van der Waals surface area contributed by atoms with E-state index in [0.29, 0.717) is 44.3 Å². The van der Waals surface area contributed by atoms with Gasteiger partial charge in [0, 0.05) is 26.6 Å². The van der Waals surface area contributed by atoms with Gasteiger partial charge >= 0.3 is 0 Å². The first-order chi connectivity index (χ1) is 8.47. The molecule has 3 N–H and O–H groups in total. The number of aliphatic hydroxyl groups is 1. The lowest BCUT2D eigenvalue weighted by atomic mass is 10.3. The van der Waals surface area contributed by atoms with Crippen LogP contribution >= 0.6 is 12.2 Å². The van der Waals surface area contributed by atoms with Crippen molar-refractivity contribution in [2.75, 3.05) is 53.6 Å². The molecule has 0 atom stereocenters. The Hall–Kier alpha value is -0.760. The van der Waals surface area contributed by atoms with Crippen LogP contribution in [-0.2, 0) is 9.53 Å². The van der Waals surface area contributed by atoms with Gasteiger partial charge in [0.15, 0.2) is 0 Å². The largest absolute Gasteiger partial charge is 0.394 e. The molecule has 0 bridgehead atoms. The summed E-state index contributed by atoms with van der Waals surface area (Å²) >= 11 is 4.76. The highest BCUT2D eigenvalue weighted by Gasteiger charge is 2.11. The highest BCUT2D eigenvalue weighted by atomic mass is 32.1. The minimum atomic E-state index is 0.0182. The van der Waals surface area contributed by atoms with Gasteiger partial charge in [-0.25, -0.2) is 0 Å². The lowest BCUT2D eigenvalue weighted by molar-refractivity contribution is -0.130. The summed E-state index contributed by atoms with van der Waals surface area (Å²) in [7, 11) is 3.58. The molecule has 0 aliphatic heterocycles. The van der Waals surface area contributed by atoms with Crippen molar-refractivity contribution in [3.8, 4) is 0 Å². The number of rotatable bonds is 10. The molecule has 0 rings (SSSR count). The second kappa shape index (κ2) is 10.2. The van der Waals surface area contributed by atoms with Gasteiger partial charge in [-0.05, 0) is 7.05 Å². The molecule has 0 aliphatic carbocycles. The van der Waals surface area contributed by atoms with Crippen LogP contribution in [0.1, 0.15) is 6.42 Å². The lowest BCUT2D eigenvalue weighted by Crippen LogP contribution is -2.39. The number of ether oxygens (including phenoxy) is 1. The van der Waals surface area contributed by atoms with Crippen molar-refractivity contribution in [2.45, 2.75) is 6.42 Å². The zero-order valence-electron chi connectivity index (χ0n) is 11.1. The molecule has 6 nitrogen and oxygen atoms in total. The van der Waals surface area contributed by atoms with E-state index < -0.39 is 0 Å². The molecule has 0 aromatic rings. The lowest BCUT2D eigenvalue weighted by Gasteiger charge is -2.21. The van der Waals surface area contributed by atoms with Crippen LogP contribution in [0.4, 0.5) is 0 Å². The first-order valence-corrected chi connectivity index (χ1v) is 6.27. The maximum Gasteiger partial charge on any atom is 0.236 e. The average molecular weight is 277 g/mol. The Balaban J connectivity index is 3.74. The Morgan fingerprint density at radius 3 is 2.56 bits per heavy atom. The van der Waals surface area contributed by atoms with Crippen LogP contribution in [0, 0.1) is 0 Å². The van der Waals surface area contributed by atoms with Crippen LogP contribution in [0.2, 0.25) is 0 Å². The molecule has 0 heterocycles. The summed E-state index contributed by atoms with van der Waals surface area (Å²) in [4.78, 5) is 15.7. The summed E-state index contributed by atoms with van der Waals surface area (Å²) in [5, 5.41) is 8.53. The predicted octanol–water partition coefficient (Wildman–Crippen LogP) is -0.938. The molecule has 0 radical (unpaired) electrons. The van der Waals surface area contributed by atoms with Gasteiger partial charge in [0.05, 0.1) is 31.4 Å². The van der Waals surface area contributed by atoms with Crippen molar-refractivity contribution >= 4 is 23.1 Å². The molecule has 0 unspecified atom stereocenters. The number of aliphatic hydroxyl groups excluding tert-OH is 1. The molecule has 0 aromatic heterocycles. The first-order valence-electron chi connectivity index (χ1n) is 5.86. The highest BCUT2D eigenvalue weighted by Crippen LogP contribution is 1.92. The monoisotopic (exact) mass is 277 g/mol.